The largest absolute Gasteiger partial charge is 0.313 e. The number of hydrogen-bond acceptors (Lipinski definition) is 5. The van der Waals surface area contributed by atoms with Gasteiger partial charge >= 0.3 is 0 Å². The van der Waals surface area contributed by atoms with Gasteiger partial charge in [-0.3, -0.25) is 10.1 Å². The number of anilines is 1. The molecule has 0 saturated heterocycles. The molecular formula is C17H21Cl2FN4OS. The quantitative estimate of drug-likeness (QED) is 0.745. The van der Waals surface area contributed by atoms with E-state index < -0.39 is 0 Å². The summed E-state index contributed by atoms with van der Waals surface area (Å²) in [5.74, 6) is 0.457. The fourth-order valence-corrected chi connectivity index (χ4v) is 3.48. The van der Waals surface area contributed by atoms with Crippen molar-refractivity contribution in [1.82, 2.24) is 15.5 Å². The third-order valence-electron chi connectivity index (χ3n) is 4.56. The van der Waals surface area contributed by atoms with E-state index in [1.807, 2.05) is 6.92 Å². The minimum absolute atomic E-state index is 0. The number of nitrogens with zero attached hydrogens (tertiary/aromatic N) is 2. The zero-order valence-electron chi connectivity index (χ0n) is 14.2. The van der Waals surface area contributed by atoms with E-state index in [0.29, 0.717) is 22.3 Å². The summed E-state index contributed by atoms with van der Waals surface area (Å²) >= 11 is 1.31. The van der Waals surface area contributed by atoms with Crippen LogP contribution in [0.15, 0.2) is 18.2 Å². The number of carbonyl (C=O) groups excluding carboxylic acids is 1. The summed E-state index contributed by atoms with van der Waals surface area (Å²) < 4.78 is 14.2. The van der Waals surface area contributed by atoms with Crippen LogP contribution in [0.4, 0.5) is 9.52 Å². The number of aromatic nitrogens is 2. The molecule has 2 saturated carbocycles. The molecule has 1 heterocycles. The van der Waals surface area contributed by atoms with E-state index >= 15 is 0 Å². The van der Waals surface area contributed by atoms with Gasteiger partial charge in [0.2, 0.25) is 5.13 Å². The smallest absolute Gasteiger partial charge is 0.257 e. The summed E-state index contributed by atoms with van der Waals surface area (Å²) in [6, 6.07) is 4.90. The van der Waals surface area contributed by atoms with Crippen LogP contribution in [0, 0.1) is 18.7 Å². The van der Waals surface area contributed by atoms with Crippen molar-refractivity contribution in [1.29, 1.82) is 0 Å². The Morgan fingerprint density at radius 2 is 2.08 bits per heavy atom. The van der Waals surface area contributed by atoms with Gasteiger partial charge in [-0.2, -0.15) is 0 Å². The number of nitrogens with one attached hydrogen (secondary N) is 2. The van der Waals surface area contributed by atoms with E-state index in [1.165, 1.54) is 36.3 Å². The number of rotatable bonds is 6. The first-order valence-corrected chi connectivity index (χ1v) is 9.06. The Morgan fingerprint density at radius 1 is 1.31 bits per heavy atom. The van der Waals surface area contributed by atoms with Crippen LogP contribution in [0.3, 0.4) is 0 Å². The Bertz CT molecular complexity index is 784. The van der Waals surface area contributed by atoms with Crippen molar-refractivity contribution in [3.05, 3.63) is 40.2 Å². The van der Waals surface area contributed by atoms with Gasteiger partial charge in [-0.05, 0) is 62.4 Å². The van der Waals surface area contributed by atoms with Gasteiger partial charge in [-0.25, -0.2) is 4.39 Å². The molecule has 0 spiro atoms. The molecule has 0 aliphatic heterocycles. The van der Waals surface area contributed by atoms with Crippen LogP contribution in [0.5, 0.6) is 0 Å². The minimum atomic E-state index is -0.282. The zero-order chi connectivity index (χ0) is 16.7. The molecule has 1 amide bonds. The number of aryl methyl sites for hydroxylation is 1. The molecule has 142 valence electrons. The molecule has 4 rings (SSSR count). The Morgan fingerprint density at radius 3 is 2.73 bits per heavy atom. The molecule has 1 aromatic heterocycles. The van der Waals surface area contributed by atoms with Crippen LogP contribution in [0.25, 0.3) is 0 Å². The fraction of sp³-hybridized carbons (Fsp3) is 0.471. The van der Waals surface area contributed by atoms with E-state index in [1.54, 1.807) is 6.07 Å². The van der Waals surface area contributed by atoms with E-state index in [4.69, 9.17) is 0 Å². The third kappa shape index (κ3) is 4.91. The standard InChI is InChI=1S/C17H19FN4OS.2ClH/c1-9-21-22-17(24-9)20-16(23)11-4-5-14(18)12(6-11)13-7-15(13)19-8-10-2-3-10;;/h4-6,10,13,15,19H,2-3,7-8H2,1H3,(H,20,22,23);2*1H/t13-,15+;;/m0../s1. The highest BCUT2D eigenvalue weighted by atomic mass is 35.5. The van der Waals surface area contributed by atoms with Crippen molar-refractivity contribution in [3.8, 4) is 0 Å². The fourth-order valence-electron chi connectivity index (χ4n) is 2.89. The molecule has 0 radical (unpaired) electrons. The molecule has 2 aliphatic rings. The lowest BCUT2D eigenvalue weighted by Crippen LogP contribution is -2.20. The van der Waals surface area contributed by atoms with Gasteiger partial charge in [0.25, 0.3) is 5.91 Å². The van der Waals surface area contributed by atoms with Gasteiger partial charge < -0.3 is 5.32 Å². The molecule has 0 bridgehead atoms. The van der Waals surface area contributed by atoms with E-state index in [2.05, 4.69) is 20.8 Å². The van der Waals surface area contributed by atoms with Crippen LogP contribution >= 0.6 is 36.2 Å². The average Bonchev–Trinajstić information content (AvgIpc) is 3.46. The predicted molar refractivity (Wildman–Crippen MR) is 105 cm³/mol. The molecule has 2 N–H and O–H groups in total. The van der Waals surface area contributed by atoms with Crippen molar-refractivity contribution in [3.63, 3.8) is 0 Å². The van der Waals surface area contributed by atoms with Crippen molar-refractivity contribution < 1.29 is 9.18 Å². The molecule has 2 aliphatic carbocycles. The maximum absolute atomic E-state index is 14.2. The SMILES string of the molecule is Cc1nnc(NC(=O)c2ccc(F)c([C@@H]3C[C@H]3NCC3CC3)c2)s1.Cl.Cl. The van der Waals surface area contributed by atoms with E-state index in [9.17, 15) is 9.18 Å². The van der Waals surface area contributed by atoms with Gasteiger partial charge in [0, 0.05) is 17.5 Å². The molecule has 0 unspecified atom stereocenters. The molecule has 2 aromatic rings. The molecule has 2 atom stereocenters. The van der Waals surface area contributed by atoms with Crippen LogP contribution < -0.4 is 10.6 Å². The topological polar surface area (TPSA) is 66.9 Å². The highest BCUT2D eigenvalue weighted by Crippen LogP contribution is 2.43. The predicted octanol–water partition coefficient (Wildman–Crippen LogP) is 3.94. The Balaban J connectivity index is 0.00000121. The Hall–Kier alpha value is -1.28. The van der Waals surface area contributed by atoms with Crippen LogP contribution in [0.1, 0.15) is 46.1 Å². The normalized spacial score (nSPS) is 20.7. The van der Waals surface area contributed by atoms with Crippen LogP contribution in [-0.2, 0) is 0 Å². The summed E-state index contributed by atoms with van der Waals surface area (Å²) in [6.07, 6.45) is 3.54. The van der Waals surface area contributed by atoms with Gasteiger partial charge in [-0.1, -0.05) is 11.3 Å². The second-order valence-electron chi connectivity index (χ2n) is 6.62. The second kappa shape index (κ2) is 8.61. The molecule has 5 nitrogen and oxygen atoms in total. The highest BCUT2D eigenvalue weighted by molar-refractivity contribution is 7.15. The minimum Gasteiger partial charge on any atom is -0.313 e. The van der Waals surface area contributed by atoms with Crippen molar-refractivity contribution in [2.24, 2.45) is 5.92 Å². The summed E-state index contributed by atoms with van der Waals surface area (Å²) in [6.45, 7) is 2.85. The number of benzene rings is 1. The molecule has 2 fully saturated rings. The zero-order valence-corrected chi connectivity index (χ0v) is 16.6. The lowest BCUT2D eigenvalue weighted by Gasteiger charge is -2.07. The van der Waals surface area contributed by atoms with Crippen molar-refractivity contribution in [2.45, 2.75) is 38.1 Å². The van der Waals surface area contributed by atoms with E-state index in [0.717, 1.165) is 23.9 Å². The highest BCUT2D eigenvalue weighted by Gasteiger charge is 2.40. The van der Waals surface area contributed by atoms with Gasteiger partial charge in [0.15, 0.2) is 0 Å². The first kappa shape index (κ1) is 21.0. The summed E-state index contributed by atoms with van der Waals surface area (Å²) in [4.78, 5) is 12.3. The monoisotopic (exact) mass is 418 g/mol. The maximum Gasteiger partial charge on any atom is 0.257 e. The van der Waals surface area contributed by atoms with Crippen LogP contribution in [-0.4, -0.2) is 28.7 Å². The number of hydrogen-bond donors (Lipinski definition) is 2. The number of halogens is 3. The molecule has 26 heavy (non-hydrogen) atoms. The van der Waals surface area contributed by atoms with Crippen LogP contribution in [0.2, 0.25) is 0 Å². The maximum atomic E-state index is 14.2. The Labute approximate surface area is 168 Å². The van der Waals surface area contributed by atoms with Crippen molar-refractivity contribution in [2.75, 3.05) is 11.9 Å². The molecule has 1 aromatic carbocycles. The summed E-state index contributed by atoms with van der Waals surface area (Å²) in [5, 5.41) is 15.2. The average molecular weight is 419 g/mol. The molecule has 9 heteroatoms. The Kier molecular flexibility index (Phi) is 6.96. The molecular weight excluding hydrogens is 398 g/mol. The second-order valence-corrected chi connectivity index (χ2v) is 7.80. The first-order chi connectivity index (χ1) is 11.6. The summed E-state index contributed by atoms with van der Waals surface area (Å²) in [5.41, 5.74) is 1.08. The first-order valence-electron chi connectivity index (χ1n) is 8.24. The lowest BCUT2D eigenvalue weighted by molar-refractivity contribution is 0.102. The third-order valence-corrected chi connectivity index (χ3v) is 5.31. The van der Waals surface area contributed by atoms with Gasteiger partial charge in [0.1, 0.15) is 10.8 Å². The lowest BCUT2D eigenvalue weighted by atomic mass is 10.1. The van der Waals surface area contributed by atoms with Crippen molar-refractivity contribution >= 4 is 47.2 Å². The van der Waals surface area contributed by atoms with Gasteiger partial charge in [-0.15, -0.1) is 35.0 Å². The summed E-state index contributed by atoms with van der Waals surface area (Å²) in [7, 11) is 0. The van der Waals surface area contributed by atoms with Gasteiger partial charge in [0.05, 0.1) is 0 Å². The number of carbonyl (C=O) groups is 1. The number of amides is 1. The van der Waals surface area contributed by atoms with E-state index in [-0.39, 0.29) is 42.5 Å².